The monoisotopic (exact) mass is 382 g/mol. The summed E-state index contributed by atoms with van der Waals surface area (Å²) in [6.07, 6.45) is 1.69. The average Bonchev–Trinajstić information content (AvgIpc) is 2.58. The minimum Gasteiger partial charge on any atom is -0.448 e. The molecule has 0 atom stereocenters. The van der Waals surface area contributed by atoms with Crippen molar-refractivity contribution in [3.8, 4) is 0 Å². The van der Waals surface area contributed by atoms with E-state index in [1.807, 2.05) is 13.1 Å². The summed E-state index contributed by atoms with van der Waals surface area (Å²) in [5, 5.41) is 3.30. The highest BCUT2D eigenvalue weighted by molar-refractivity contribution is 6.30. The van der Waals surface area contributed by atoms with E-state index in [1.54, 1.807) is 24.3 Å². The fraction of sp³-hybridized carbons (Fsp3) is 0.316. The number of hydrogen-bond acceptors (Lipinski definition) is 3. The fourth-order valence-electron chi connectivity index (χ4n) is 2.29. The average molecular weight is 383 g/mol. The number of likely N-dealkylation sites (N-methyl/N-ethyl adjacent to an activating group) is 1. The van der Waals surface area contributed by atoms with Gasteiger partial charge in [-0.3, -0.25) is 5.32 Å². The summed E-state index contributed by atoms with van der Waals surface area (Å²) in [5.74, 6) is 0. The van der Waals surface area contributed by atoms with Gasteiger partial charge in [0.15, 0.2) is 0 Å². The molecule has 25 heavy (non-hydrogen) atoms. The number of aryl methyl sites for hydroxylation is 1. The number of anilines is 1. The summed E-state index contributed by atoms with van der Waals surface area (Å²) >= 11 is 5.80. The molecule has 0 saturated heterocycles. The standard InChI is InChI=1S/C19H23ClN2O2.ClH/c1-22(13-5-8-16-6-3-2-4-7-16)14-15-24-19(23)21-18-11-9-17(20)10-12-18;/h2-4,6-7,9-12H,5,8,13-15H2,1H3,(H,21,23);1H. The lowest BCUT2D eigenvalue weighted by atomic mass is 10.1. The van der Waals surface area contributed by atoms with Crippen LogP contribution in [-0.2, 0) is 11.2 Å². The van der Waals surface area contributed by atoms with Crippen LogP contribution < -0.4 is 5.32 Å². The molecule has 4 nitrogen and oxygen atoms in total. The van der Waals surface area contributed by atoms with Crippen LogP contribution in [0.3, 0.4) is 0 Å². The minimum absolute atomic E-state index is 0. The van der Waals surface area contributed by atoms with E-state index >= 15 is 0 Å². The van der Waals surface area contributed by atoms with Gasteiger partial charge >= 0.3 is 6.09 Å². The maximum Gasteiger partial charge on any atom is 0.411 e. The Labute approximate surface area is 160 Å². The van der Waals surface area contributed by atoms with Crippen molar-refractivity contribution in [3.63, 3.8) is 0 Å². The van der Waals surface area contributed by atoms with E-state index in [-0.39, 0.29) is 12.4 Å². The van der Waals surface area contributed by atoms with Gasteiger partial charge in [0.25, 0.3) is 0 Å². The van der Waals surface area contributed by atoms with Crippen molar-refractivity contribution < 1.29 is 9.53 Å². The van der Waals surface area contributed by atoms with Gasteiger partial charge in [-0.1, -0.05) is 41.9 Å². The number of benzene rings is 2. The van der Waals surface area contributed by atoms with Crippen molar-refractivity contribution in [2.75, 3.05) is 32.1 Å². The van der Waals surface area contributed by atoms with Crippen LogP contribution in [0.15, 0.2) is 54.6 Å². The van der Waals surface area contributed by atoms with Crippen molar-refractivity contribution >= 4 is 35.8 Å². The van der Waals surface area contributed by atoms with E-state index in [9.17, 15) is 4.79 Å². The van der Waals surface area contributed by atoms with Gasteiger partial charge in [0.05, 0.1) is 0 Å². The molecule has 0 heterocycles. The molecular weight excluding hydrogens is 359 g/mol. The number of rotatable bonds is 8. The summed E-state index contributed by atoms with van der Waals surface area (Å²) in [6, 6.07) is 17.4. The zero-order chi connectivity index (χ0) is 17.2. The Hall–Kier alpha value is -1.75. The lowest BCUT2D eigenvalue weighted by Gasteiger charge is -2.16. The molecule has 0 aliphatic carbocycles. The van der Waals surface area contributed by atoms with E-state index in [4.69, 9.17) is 16.3 Å². The van der Waals surface area contributed by atoms with Crippen molar-refractivity contribution in [1.82, 2.24) is 4.90 Å². The molecule has 0 aliphatic rings. The lowest BCUT2D eigenvalue weighted by Crippen LogP contribution is -2.26. The predicted molar refractivity (Wildman–Crippen MR) is 106 cm³/mol. The number of nitrogens with one attached hydrogen (secondary N) is 1. The van der Waals surface area contributed by atoms with Crippen LogP contribution in [0.5, 0.6) is 0 Å². The minimum atomic E-state index is -0.449. The van der Waals surface area contributed by atoms with E-state index in [1.165, 1.54) is 5.56 Å². The number of halogens is 2. The molecule has 0 radical (unpaired) electrons. The quantitative estimate of drug-likeness (QED) is 0.707. The molecule has 1 amide bonds. The van der Waals surface area contributed by atoms with Gasteiger partial charge in [0.2, 0.25) is 0 Å². The molecule has 2 aromatic rings. The van der Waals surface area contributed by atoms with E-state index in [2.05, 4.69) is 34.5 Å². The molecule has 6 heteroatoms. The highest BCUT2D eigenvalue weighted by Crippen LogP contribution is 2.13. The summed E-state index contributed by atoms with van der Waals surface area (Å²) < 4.78 is 5.19. The predicted octanol–water partition coefficient (Wildman–Crippen LogP) is 4.87. The molecule has 0 unspecified atom stereocenters. The Morgan fingerprint density at radius 3 is 2.44 bits per heavy atom. The van der Waals surface area contributed by atoms with Gasteiger partial charge in [-0.05, 0) is 56.3 Å². The second-order valence-electron chi connectivity index (χ2n) is 5.66. The van der Waals surface area contributed by atoms with Crippen molar-refractivity contribution in [3.05, 3.63) is 65.2 Å². The van der Waals surface area contributed by atoms with Crippen LogP contribution in [0.25, 0.3) is 0 Å². The number of ether oxygens (including phenoxy) is 1. The van der Waals surface area contributed by atoms with Gasteiger partial charge in [0.1, 0.15) is 6.61 Å². The summed E-state index contributed by atoms with van der Waals surface area (Å²) in [6.45, 7) is 2.04. The van der Waals surface area contributed by atoms with Crippen molar-refractivity contribution in [1.29, 1.82) is 0 Å². The second kappa shape index (κ2) is 11.7. The number of nitrogens with zero attached hydrogens (tertiary/aromatic N) is 1. The van der Waals surface area contributed by atoms with Crippen LogP contribution >= 0.6 is 24.0 Å². The van der Waals surface area contributed by atoms with E-state index < -0.39 is 6.09 Å². The second-order valence-corrected chi connectivity index (χ2v) is 6.10. The first kappa shape index (κ1) is 21.3. The first-order valence-corrected chi connectivity index (χ1v) is 8.43. The topological polar surface area (TPSA) is 41.6 Å². The normalized spacial score (nSPS) is 10.2. The molecule has 0 aromatic heterocycles. The summed E-state index contributed by atoms with van der Waals surface area (Å²) in [7, 11) is 2.03. The van der Waals surface area contributed by atoms with Crippen LogP contribution in [0.1, 0.15) is 12.0 Å². The number of carbonyl (C=O) groups excluding carboxylic acids is 1. The molecule has 136 valence electrons. The molecule has 2 rings (SSSR count). The molecule has 0 aliphatic heterocycles. The Morgan fingerprint density at radius 1 is 1.08 bits per heavy atom. The third-order valence-corrected chi connectivity index (χ3v) is 3.90. The van der Waals surface area contributed by atoms with E-state index in [0.717, 1.165) is 19.4 Å². The largest absolute Gasteiger partial charge is 0.448 e. The van der Waals surface area contributed by atoms with Gasteiger partial charge in [-0.25, -0.2) is 4.79 Å². The molecular formula is C19H24Cl2N2O2. The van der Waals surface area contributed by atoms with Crippen LogP contribution in [0, 0.1) is 0 Å². The molecule has 0 saturated carbocycles. The summed E-state index contributed by atoms with van der Waals surface area (Å²) in [5.41, 5.74) is 2.02. The Kier molecular flexibility index (Phi) is 10.0. The number of amides is 1. The van der Waals surface area contributed by atoms with Crippen molar-refractivity contribution in [2.24, 2.45) is 0 Å². The Morgan fingerprint density at radius 2 is 1.76 bits per heavy atom. The third-order valence-electron chi connectivity index (χ3n) is 3.64. The van der Waals surface area contributed by atoms with Gasteiger partial charge in [0, 0.05) is 17.3 Å². The Bertz CT molecular complexity index is 621. The molecule has 1 N–H and O–H groups in total. The number of hydrogen-bond donors (Lipinski definition) is 1. The lowest BCUT2D eigenvalue weighted by molar-refractivity contribution is 0.146. The third kappa shape index (κ3) is 8.77. The summed E-state index contributed by atoms with van der Waals surface area (Å²) in [4.78, 5) is 13.9. The maximum absolute atomic E-state index is 11.7. The number of carbonyl (C=O) groups is 1. The first-order valence-electron chi connectivity index (χ1n) is 8.05. The fourth-order valence-corrected chi connectivity index (χ4v) is 2.42. The highest BCUT2D eigenvalue weighted by Gasteiger charge is 2.05. The molecule has 0 fully saturated rings. The smallest absolute Gasteiger partial charge is 0.411 e. The maximum atomic E-state index is 11.7. The zero-order valence-corrected chi connectivity index (χ0v) is 15.9. The first-order chi connectivity index (χ1) is 11.6. The van der Waals surface area contributed by atoms with Crippen LogP contribution in [-0.4, -0.2) is 37.7 Å². The molecule has 2 aromatic carbocycles. The molecule has 0 bridgehead atoms. The molecule has 0 spiro atoms. The highest BCUT2D eigenvalue weighted by atomic mass is 35.5. The van der Waals surface area contributed by atoms with E-state index in [0.29, 0.717) is 23.9 Å². The van der Waals surface area contributed by atoms with Crippen LogP contribution in [0.2, 0.25) is 5.02 Å². The van der Waals surface area contributed by atoms with Gasteiger partial charge in [-0.2, -0.15) is 0 Å². The Balaban J connectivity index is 0.00000312. The van der Waals surface area contributed by atoms with Gasteiger partial charge < -0.3 is 9.64 Å². The zero-order valence-electron chi connectivity index (χ0n) is 14.3. The van der Waals surface area contributed by atoms with Crippen LogP contribution in [0.4, 0.5) is 10.5 Å². The SMILES string of the molecule is CN(CCCc1ccccc1)CCOC(=O)Nc1ccc(Cl)cc1.Cl. The van der Waals surface area contributed by atoms with Gasteiger partial charge in [-0.15, -0.1) is 12.4 Å². The van der Waals surface area contributed by atoms with Crippen molar-refractivity contribution in [2.45, 2.75) is 12.8 Å².